The lowest BCUT2D eigenvalue weighted by molar-refractivity contribution is 0.0888. The van der Waals surface area contributed by atoms with Gasteiger partial charge in [0.1, 0.15) is 0 Å². The van der Waals surface area contributed by atoms with E-state index in [0.29, 0.717) is 25.6 Å². The summed E-state index contributed by atoms with van der Waals surface area (Å²) in [5.41, 5.74) is 0. The number of carbonyl (C=O) groups excluding carboxylic acids is 1. The molecule has 0 bridgehead atoms. The van der Waals surface area contributed by atoms with Crippen LogP contribution in [0.15, 0.2) is 16.9 Å². The predicted molar refractivity (Wildman–Crippen MR) is 89.0 cm³/mol. The van der Waals surface area contributed by atoms with Crippen LogP contribution in [0.5, 0.6) is 0 Å². The number of amides is 1. The first-order valence-electron chi connectivity index (χ1n) is 7.70. The van der Waals surface area contributed by atoms with Gasteiger partial charge in [-0.05, 0) is 36.2 Å². The number of carbonyl (C=O) groups is 1. The fourth-order valence-corrected chi connectivity index (χ4v) is 2.90. The van der Waals surface area contributed by atoms with Crippen LogP contribution in [0.4, 0.5) is 10.7 Å². The molecule has 1 aromatic rings. The number of hydrogen-bond donors (Lipinski definition) is 0. The van der Waals surface area contributed by atoms with E-state index in [1.54, 1.807) is 17.3 Å². The fourth-order valence-electron chi connectivity index (χ4n) is 2.70. The van der Waals surface area contributed by atoms with Gasteiger partial charge < -0.3 is 14.5 Å². The highest BCUT2D eigenvalue weighted by atomic mass is 79.9. The highest BCUT2D eigenvalue weighted by Crippen LogP contribution is 2.22. The topological polar surface area (TPSA) is 58.6 Å². The molecule has 1 amide bonds. The predicted octanol–water partition coefficient (Wildman–Crippen LogP) is 3.07. The molecule has 7 heteroatoms. The number of rotatable bonds is 4. The highest BCUT2D eigenvalue weighted by Gasteiger charge is 2.33. The van der Waals surface area contributed by atoms with Gasteiger partial charge in [0, 0.05) is 37.6 Å². The van der Waals surface area contributed by atoms with Gasteiger partial charge in [-0.25, -0.2) is 14.8 Å². The van der Waals surface area contributed by atoms with E-state index >= 15 is 0 Å². The zero-order valence-electron chi connectivity index (χ0n) is 13.3. The van der Waals surface area contributed by atoms with Crippen LogP contribution < -0.4 is 4.90 Å². The number of hydrogen-bond acceptors (Lipinski definition) is 5. The van der Waals surface area contributed by atoms with E-state index in [1.165, 1.54) is 0 Å². The molecule has 1 aliphatic heterocycles. The van der Waals surface area contributed by atoms with Crippen LogP contribution in [-0.2, 0) is 4.74 Å². The van der Waals surface area contributed by atoms with Crippen LogP contribution in [0.25, 0.3) is 0 Å². The number of unbranched alkanes of at least 4 members (excludes halogenated alkanes) is 1. The summed E-state index contributed by atoms with van der Waals surface area (Å²) in [6.45, 7) is 7.97. The van der Waals surface area contributed by atoms with Crippen molar-refractivity contribution in [1.82, 2.24) is 14.9 Å². The van der Waals surface area contributed by atoms with Crippen LogP contribution in [0.1, 0.15) is 33.6 Å². The van der Waals surface area contributed by atoms with Crippen LogP contribution in [0.3, 0.4) is 0 Å². The standard InChI is InChI=1S/C15H23BrN4O2/c1-4-5-6-22-15(21)19-9-11(2)20(12(3)10-19)14-17-7-13(16)8-18-14/h7-8,11-12H,4-6,9-10H2,1-3H3. The zero-order chi connectivity index (χ0) is 16.1. The van der Waals surface area contributed by atoms with Crippen molar-refractivity contribution < 1.29 is 9.53 Å². The molecule has 0 radical (unpaired) electrons. The Balaban J connectivity index is 1.99. The molecule has 122 valence electrons. The molecule has 1 aromatic heterocycles. The van der Waals surface area contributed by atoms with Crippen molar-refractivity contribution in [2.75, 3.05) is 24.6 Å². The molecule has 2 rings (SSSR count). The second-order valence-corrected chi connectivity index (χ2v) is 6.60. The van der Waals surface area contributed by atoms with E-state index in [0.717, 1.165) is 17.3 Å². The first-order chi connectivity index (χ1) is 10.5. The Hall–Kier alpha value is -1.37. The summed E-state index contributed by atoms with van der Waals surface area (Å²) >= 11 is 3.35. The minimum Gasteiger partial charge on any atom is -0.449 e. The van der Waals surface area contributed by atoms with Gasteiger partial charge in [0.2, 0.25) is 5.95 Å². The molecule has 22 heavy (non-hydrogen) atoms. The van der Waals surface area contributed by atoms with E-state index in [4.69, 9.17) is 4.74 Å². The number of anilines is 1. The van der Waals surface area contributed by atoms with Gasteiger partial charge in [-0.2, -0.15) is 0 Å². The summed E-state index contributed by atoms with van der Waals surface area (Å²) < 4.78 is 6.16. The normalized spacial score (nSPS) is 21.8. The van der Waals surface area contributed by atoms with E-state index in [9.17, 15) is 4.79 Å². The van der Waals surface area contributed by atoms with Crippen molar-refractivity contribution in [3.8, 4) is 0 Å². The van der Waals surface area contributed by atoms with Crippen LogP contribution in [0, 0.1) is 0 Å². The third kappa shape index (κ3) is 4.09. The lowest BCUT2D eigenvalue weighted by Gasteiger charge is -2.43. The molecule has 1 fully saturated rings. The Bertz CT molecular complexity index is 485. The van der Waals surface area contributed by atoms with Crippen LogP contribution in [-0.4, -0.2) is 52.7 Å². The highest BCUT2D eigenvalue weighted by molar-refractivity contribution is 9.10. The Kier molecular flexibility index (Phi) is 5.99. The molecule has 0 aliphatic carbocycles. The van der Waals surface area contributed by atoms with Crippen LogP contribution >= 0.6 is 15.9 Å². The van der Waals surface area contributed by atoms with Gasteiger partial charge in [0.15, 0.2) is 0 Å². The van der Waals surface area contributed by atoms with Gasteiger partial charge >= 0.3 is 6.09 Å². The molecule has 2 atom stereocenters. The first-order valence-corrected chi connectivity index (χ1v) is 8.49. The quantitative estimate of drug-likeness (QED) is 0.762. The number of ether oxygens (including phenoxy) is 1. The molecule has 0 saturated carbocycles. The molecule has 0 spiro atoms. The average Bonchev–Trinajstić information content (AvgIpc) is 2.48. The molecule has 0 N–H and O–H groups in total. The maximum atomic E-state index is 12.1. The monoisotopic (exact) mass is 370 g/mol. The zero-order valence-corrected chi connectivity index (χ0v) is 14.9. The molecule has 6 nitrogen and oxygen atoms in total. The van der Waals surface area contributed by atoms with Gasteiger partial charge in [0.05, 0.1) is 11.1 Å². The lowest BCUT2D eigenvalue weighted by Crippen LogP contribution is -2.58. The van der Waals surface area contributed by atoms with E-state index in [-0.39, 0.29) is 18.2 Å². The maximum absolute atomic E-state index is 12.1. The third-order valence-electron chi connectivity index (χ3n) is 3.74. The lowest BCUT2D eigenvalue weighted by atomic mass is 10.1. The summed E-state index contributed by atoms with van der Waals surface area (Å²) in [5, 5.41) is 0. The molecule has 1 saturated heterocycles. The molecule has 1 aliphatic rings. The number of piperazine rings is 1. The molecule has 2 unspecified atom stereocenters. The Morgan fingerprint density at radius 2 is 1.91 bits per heavy atom. The summed E-state index contributed by atoms with van der Waals surface area (Å²) in [6, 6.07) is 0.285. The Labute approximate surface area is 140 Å². The maximum Gasteiger partial charge on any atom is 0.409 e. The van der Waals surface area contributed by atoms with Crippen molar-refractivity contribution in [2.24, 2.45) is 0 Å². The average molecular weight is 371 g/mol. The SMILES string of the molecule is CCCCOC(=O)N1CC(C)N(c2ncc(Br)cn2)C(C)C1. The van der Waals surface area contributed by atoms with Crippen molar-refractivity contribution >= 4 is 28.0 Å². The van der Waals surface area contributed by atoms with E-state index in [2.05, 4.69) is 51.6 Å². The molecule has 0 aromatic carbocycles. The van der Waals surface area contributed by atoms with Crippen molar-refractivity contribution in [3.63, 3.8) is 0 Å². The van der Waals surface area contributed by atoms with E-state index in [1.807, 2.05) is 0 Å². The van der Waals surface area contributed by atoms with Crippen LogP contribution in [0.2, 0.25) is 0 Å². The largest absolute Gasteiger partial charge is 0.449 e. The van der Waals surface area contributed by atoms with Gasteiger partial charge in [-0.3, -0.25) is 0 Å². The smallest absolute Gasteiger partial charge is 0.409 e. The summed E-state index contributed by atoms with van der Waals surface area (Å²) in [6.07, 6.45) is 5.20. The van der Waals surface area contributed by atoms with E-state index < -0.39 is 0 Å². The minimum absolute atomic E-state index is 0.142. The van der Waals surface area contributed by atoms with Crippen molar-refractivity contribution in [3.05, 3.63) is 16.9 Å². The molecular formula is C15H23BrN4O2. The van der Waals surface area contributed by atoms with Gasteiger partial charge in [-0.1, -0.05) is 13.3 Å². The Morgan fingerprint density at radius 3 is 2.45 bits per heavy atom. The van der Waals surface area contributed by atoms with Gasteiger partial charge in [0.25, 0.3) is 0 Å². The second kappa shape index (κ2) is 7.76. The number of aromatic nitrogens is 2. The third-order valence-corrected chi connectivity index (χ3v) is 4.15. The summed E-state index contributed by atoms with van der Waals surface area (Å²) in [7, 11) is 0. The first kappa shape index (κ1) is 17.0. The fraction of sp³-hybridized carbons (Fsp3) is 0.667. The molecular weight excluding hydrogens is 348 g/mol. The summed E-state index contributed by atoms with van der Waals surface area (Å²) in [5.74, 6) is 0.696. The number of nitrogens with zero attached hydrogens (tertiary/aromatic N) is 4. The second-order valence-electron chi connectivity index (χ2n) is 5.68. The van der Waals surface area contributed by atoms with Crippen molar-refractivity contribution in [2.45, 2.75) is 45.7 Å². The Morgan fingerprint density at radius 1 is 1.32 bits per heavy atom. The van der Waals surface area contributed by atoms with Crippen molar-refractivity contribution in [1.29, 1.82) is 0 Å². The van der Waals surface area contributed by atoms with Gasteiger partial charge in [-0.15, -0.1) is 0 Å². The number of halogens is 1. The summed E-state index contributed by atoms with van der Waals surface area (Å²) in [4.78, 5) is 24.8. The molecule has 2 heterocycles. The minimum atomic E-state index is -0.219.